The van der Waals surface area contributed by atoms with E-state index in [0.717, 1.165) is 12.1 Å². The summed E-state index contributed by atoms with van der Waals surface area (Å²) in [6.07, 6.45) is -4.40. The SMILES string of the molecule is COc1ccc(-c2ccc(C(F)(F)F)cc2)cc1C(=O)O. The highest BCUT2D eigenvalue weighted by Crippen LogP contribution is 2.32. The van der Waals surface area contributed by atoms with Crippen molar-refractivity contribution in [2.75, 3.05) is 7.11 Å². The summed E-state index contributed by atoms with van der Waals surface area (Å²) in [6.45, 7) is 0. The van der Waals surface area contributed by atoms with Crippen molar-refractivity contribution in [2.24, 2.45) is 0 Å². The zero-order chi connectivity index (χ0) is 15.6. The first-order valence-electron chi connectivity index (χ1n) is 5.92. The molecule has 0 amide bonds. The van der Waals surface area contributed by atoms with Gasteiger partial charge >= 0.3 is 12.1 Å². The van der Waals surface area contributed by atoms with Crippen molar-refractivity contribution in [3.63, 3.8) is 0 Å². The molecule has 0 aliphatic rings. The molecule has 0 bridgehead atoms. The molecule has 2 aromatic carbocycles. The van der Waals surface area contributed by atoms with Gasteiger partial charge in [-0.15, -0.1) is 0 Å². The van der Waals surface area contributed by atoms with Crippen LogP contribution in [0.3, 0.4) is 0 Å². The molecule has 0 aliphatic heterocycles. The zero-order valence-corrected chi connectivity index (χ0v) is 10.9. The molecule has 0 aromatic heterocycles. The summed E-state index contributed by atoms with van der Waals surface area (Å²) < 4.78 is 42.4. The summed E-state index contributed by atoms with van der Waals surface area (Å²) in [4.78, 5) is 11.1. The number of carbonyl (C=O) groups is 1. The molecule has 3 nitrogen and oxygen atoms in total. The lowest BCUT2D eigenvalue weighted by Gasteiger charge is -2.10. The van der Waals surface area contributed by atoms with Gasteiger partial charge in [-0.3, -0.25) is 0 Å². The Kier molecular flexibility index (Phi) is 3.88. The van der Waals surface area contributed by atoms with Crippen molar-refractivity contribution in [2.45, 2.75) is 6.18 Å². The van der Waals surface area contributed by atoms with E-state index in [4.69, 9.17) is 9.84 Å². The fourth-order valence-corrected chi connectivity index (χ4v) is 1.91. The molecule has 2 rings (SSSR count). The maximum absolute atomic E-state index is 12.5. The fraction of sp³-hybridized carbons (Fsp3) is 0.133. The van der Waals surface area contributed by atoms with Crippen molar-refractivity contribution in [3.8, 4) is 16.9 Å². The van der Waals surface area contributed by atoms with Crippen LogP contribution in [-0.2, 0) is 6.18 Å². The van der Waals surface area contributed by atoms with Crippen LogP contribution < -0.4 is 4.74 Å². The van der Waals surface area contributed by atoms with Gasteiger partial charge < -0.3 is 9.84 Å². The predicted octanol–water partition coefficient (Wildman–Crippen LogP) is 4.08. The highest BCUT2D eigenvalue weighted by molar-refractivity contribution is 5.92. The number of hydrogen-bond donors (Lipinski definition) is 1. The van der Waals surface area contributed by atoms with Crippen LogP contribution in [0.5, 0.6) is 5.75 Å². The summed E-state index contributed by atoms with van der Waals surface area (Å²) in [5.74, 6) is -0.973. The molecule has 0 unspecified atom stereocenters. The molecule has 6 heteroatoms. The summed E-state index contributed by atoms with van der Waals surface area (Å²) in [6, 6.07) is 8.95. The third kappa shape index (κ3) is 3.16. The Labute approximate surface area is 118 Å². The summed E-state index contributed by atoms with van der Waals surface area (Å²) in [7, 11) is 1.35. The van der Waals surface area contributed by atoms with Crippen LogP contribution in [0, 0.1) is 0 Å². The van der Waals surface area contributed by atoms with Crippen LogP contribution in [0.15, 0.2) is 42.5 Å². The second kappa shape index (κ2) is 5.47. The van der Waals surface area contributed by atoms with Crippen molar-refractivity contribution in [1.82, 2.24) is 0 Å². The number of carboxylic acid groups (broad SMARTS) is 1. The van der Waals surface area contributed by atoms with Gasteiger partial charge in [-0.1, -0.05) is 18.2 Å². The van der Waals surface area contributed by atoms with Crippen LogP contribution in [-0.4, -0.2) is 18.2 Å². The van der Waals surface area contributed by atoms with Crippen LogP contribution in [0.25, 0.3) is 11.1 Å². The van der Waals surface area contributed by atoms with Gasteiger partial charge in [-0.25, -0.2) is 4.79 Å². The average molecular weight is 296 g/mol. The molecule has 0 heterocycles. The lowest BCUT2D eigenvalue weighted by atomic mass is 10.0. The van der Waals surface area contributed by atoms with Gasteiger partial charge in [0.15, 0.2) is 0 Å². The van der Waals surface area contributed by atoms with Crippen LogP contribution in [0.4, 0.5) is 13.2 Å². The Hall–Kier alpha value is -2.50. The van der Waals surface area contributed by atoms with Gasteiger partial charge in [0, 0.05) is 0 Å². The van der Waals surface area contributed by atoms with Crippen LogP contribution in [0.1, 0.15) is 15.9 Å². The lowest BCUT2D eigenvalue weighted by molar-refractivity contribution is -0.137. The number of methoxy groups -OCH3 is 1. The molecule has 0 fully saturated rings. The topological polar surface area (TPSA) is 46.5 Å². The standard InChI is InChI=1S/C15H11F3O3/c1-21-13-7-4-10(8-12(13)14(19)20)9-2-5-11(6-3-9)15(16,17)18/h2-8H,1H3,(H,19,20). The number of hydrogen-bond acceptors (Lipinski definition) is 2. The molecule has 0 saturated heterocycles. The maximum atomic E-state index is 12.5. The Morgan fingerprint density at radius 3 is 2.10 bits per heavy atom. The molecule has 2 aromatic rings. The fourth-order valence-electron chi connectivity index (χ4n) is 1.91. The smallest absolute Gasteiger partial charge is 0.416 e. The van der Waals surface area contributed by atoms with Gasteiger partial charge in [0.1, 0.15) is 11.3 Å². The normalized spacial score (nSPS) is 11.2. The number of ether oxygens (including phenoxy) is 1. The molecular weight excluding hydrogens is 285 g/mol. The Balaban J connectivity index is 2.43. The molecule has 0 spiro atoms. The van der Waals surface area contributed by atoms with Gasteiger partial charge in [-0.05, 0) is 35.4 Å². The van der Waals surface area contributed by atoms with E-state index in [-0.39, 0.29) is 11.3 Å². The largest absolute Gasteiger partial charge is 0.496 e. The minimum atomic E-state index is -4.40. The number of benzene rings is 2. The van der Waals surface area contributed by atoms with E-state index in [2.05, 4.69) is 0 Å². The van der Waals surface area contributed by atoms with Gasteiger partial charge in [0.05, 0.1) is 12.7 Å². The molecule has 21 heavy (non-hydrogen) atoms. The second-order valence-corrected chi connectivity index (χ2v) is 4.30. The Morgan fingerprint density at radius 2 is 1.62 bits per heavy atom. The van der Waals surface area contributed by atoms with E-state index < -0.39 is 17.7 Å². The summed E-state index contributed by atoms with van der Waals surface area (Å²) in [5.41, 5.74) is 0.197. The number of rotatable bonds is 3. The van der Waals surface area contributed by atoms with Gasteiger partial charge in [-0.2, -0.15) is 13.2 Å². The monoisotopic (exact) mass is 296 g/mol. The summed E-state index contributed by atoms with van der Waals surface area (Å²) in [5, 5.41) is 9.09. The number of carboxylic acids is 1. The number of alkyl halides is 3. The second-order valence-electron chi connectivity index (χ2n) is 4.30. The van der Waals surface area contributed by atoms with Crippen molar-refractivity contribution >= 4 is 5.97 Å². The van der Waals surface area contributed by atoms with Gasteiger partial charge in [0.25, 0.3) is 0 Å². The Bertz CT molecular complexity index is 661. The minimum Gasteiger partial charge on any atom is -0.496 e. The van der Waals surface area contributed by atoms with E-state index in [1.54, 1.807) is 6.07 Å². The molecule has 0 saturated carbocycles. The number of halogens is 3. The van der Waals surface area contributed by atoms with E-state index in [0.29, 0.717) is 11.1 Å². The first-order chi connectivity index (χ1) is 9.82. The van der Waals surface area contributed by atoms with Crippen LogP contribution >= 0.6 is 0 Å². The van der Waals surface area contributed by atoms with E-state index >= 15 is 0 Å². The lowest BCUT2D eigenvalue weighted by Crippen LogP contribution is -2.04. The number of aromatic carboxylic acids is 1. The molecule has 0 aliphatic carbocycles. The predicted molar refractivity (Wildman–Crippen MR) is 70.4 cm³/mol. The van der Waals surface area contributed by atoms with Crippen molar-refractivity contribution < 1.29 is 27.8 Å². The third-order valence-electron chi connectivity index (χ3n) is 2.98. The van der Waals surface area contributed by atoms with Crippen molar-refractivity contribution in [3.05, 3.63) is 53.6 Å². The summed E-state index contributed by atoms with van der Waals surface area (Å²) >= 11 is 0. The van der Waals surface area contributed by atoms with E-state index in [1.807, 2.05) is 0 Å². The first kappa shape index (κ1) is 14.9. The molecular formula is C15H11F3O3. The molecule has 1 N–H and O–H groups in total. The molecule has 110 valence electrons. The zero-order valence-electron chi connectivity index (χ0n) is 10.9. The van der Waals surface area contributed by atoms with E-state index in [1.165, 1.54) is 31.4 Å². The maximum Gasteiger partial charge on any atom is 0.416 e. The van der Waals surface area contributed by atoms with Crippen molar-refractivity contribution in [1.29, 1.82) is 0 Å². The average Bonchev–Trinajstić information content (AvgIpc) is 2.45. The third-order valence-corrected chi connectivity index (χ3v) is 2.98. The minimum absolute atomic E-state index is 0.0464. The Morgan fingerprint density at radius 1 is 1.05 bits per heavy atom. The molecule has 0 atom stereocenters. The van der Waals surface area contributed by atoms with Gasteiger partial charge in [0.2, 0.25) is 0 Å². The van der Waals surface area contributed by atoms with Crippen LogP contribution in [0.2, 0.25) is 0 Å². The highest BCUT2D eigenvalue weighted by atomic mass is 19.4. The van der Waals surface area contributed by atoms with E-state index in [9.17, 15) is 18.0 Å². The first-order valence-corrected chi connectivity index (χ1v) is 5.92. The highest BCUT2D eigenvalue weighted by Gasteiger charge is 2.30. The quantitative estimate of drug-likeness (QED) is 0.928. The molecule has 0 radical (unpaired) electrons.